The van der Waals surface area contributed by atoms with Crippen molar-refractivity contribution in [1.82, 2.24) is 0 Å². The highest BCUT2D eigenvalue weighted by atomic mass is 16.5. The van der Waals surface area contributed by atoms with Crippen LogP contribution in [0.4, 0.5) is 5.69 Å². The summed E-state index contributed by atoms with van der Waals surface area (Å²) in [5.41, 5.74) is 2.59. The van der Waals surface area contributed by atoms with Crippen LogP contribution < -0.4 is 5.32 Å². The molecule has 1 aromatic carbocycles. The molecule has 0 spiro atoms. The first-order valence-electron chi connectivity index (χ1n) is 5.76. The Balaban J connectivity index is 1.98. The number of rotatable bonds is 3. The second-order valence-electron chi connectivity index (χ2n) is 4.17. The molecule has 0 radical (unpaired) electrons. The maximum atomic E-state index is 5.52. The quantitative estimate of drug-likeness (QED) is 0.819. The van der Waals surface area contributed by atoms with Crippen LogP contribution in [0.25, 0.3) is 0 Å². The summed E-state index contributed by atoms with van der Waals surface area (Å²) < 4.78 is 5.52. The SMILES string of the molecule is CCc1ccc(NC2CCOC2C)cc1. The van der Waals surface area contributed by atoms with Crippen LogP contribution in [0, 0.1) is 0 Å². The minimum atomic E-state index is 0.329. The third-order valence-electron chi connectivity index (χ3n) is 3.09. The van der Waals surface area contributed by atoms with Crippen LogP contribution >= 0.6 is 0 Å². The van der Waals surface area contributed by atoms with E-state index >= 15 is 0 Å². The van der Waals surface area contributed by atoms with E-state index in [-0.39, 0.29) is 0 Å². The fourth-order valence-electron chi connectivity index (χ4n) is 1.97. The monoisotopic (exact) mass is 205 g/mol. The molecule has 0 amide bonds. The predicted molar refractivity (Wildman–Crippen MR) is 63.3 cm³/mol. The molecule has 82 valence electrons. The van der Waals surface area contributed by atoms with E-state index in [1.54, 1.807) is 0 Å². The van der Waals surface area contributed by atoms with Gasteiger partial charge < -0.3 is 10.1 Å². The minimum Gasteiger partial charge on any atom is -0.380 e. The number of hydrogen-bond acceptors (Lipinski definition) is 2. The van der Waals surface area contributed by atoms with Crippen molar-refractivity contribution >= 4 is 5.69 Å². The van der Waals surface area contributed by atoms with E-state index < -0.39 is 0 Å². The standard InChI is InChI=1S/C13H19NO/c1-3-11-4-6-12(7-5-11)14-13-8-9-15-10(13)2/h4-7,10,13-14H,3,8-9H2,1-2H3. The third kappa shape index (κ3) is 2.51. The number of hydrogen-bond donors (Lipinski definition) is 1. The van der Waals surface area contributed by atoms with E-state index in [1.165, 1.54) is 11.3 Å². The van der Waals surface area contributed by atoms with Gasteiger partial charge in [0.25, 0.3) is 0 Å². The summed E-state index contributed by atoms with van der Waals surface area (Å²) in [5, 5.41) is 3.52. The highest BCUT2D eigenvalue weighted by molar-refractivity contribution is 5.45. The summed E-state index contributed by atoms with van der Waals surface area (Å²) in [5.74, 6) is 0. The lowest BCUT2D eigenvalue weighted by molar-refractivity contribution is 0.121. The summed E-state index contributed by atoms with van der Waals surface area (Å²) in [4.78, 5) is 0. The van der Waals surface area contributed by atoms with Crippen molar-refractivity contribution in [3.63, 3.8) is 0 Å². The van der Waals surface area contributed by atoms with Crippen LogP contribution in [0.15, 0.2) is 24.3 Å². The zero-order valence-corrected chi connectivity index (χ0v) is 9.49. The van der Waals surface area contributed by atoms with Crippen LogP contribution in [0.1, 0.15) is 25.8 Å². The second-order valence-corrected chi connectivity index (χ2v) is 4.17. The summed E-state index contributed by atoms with van der Waals surface area (Å²) in [6, 6.07) is 9.15. The maximum Gasteiger partial charge on any atom is 0.0748 e. The van der Waals surface area contributed by atoms with Crippen LogP contribution in [0.5, 0.6) is 0 Å². The number of anilines is 1. The smallest absolute Gasteiger partial charge is 0.0748 e. The van der Waals surface area contributed by atoms with Gasteiger partial charge in [0, 0.05) is 12.3 Å². The number of aryl methyl sites for hydroxylation is 1. The Kier molecular flexibility index (Phi) is 3.27. The molecule has 2 rings (SSSR count). The molecule has 15 heavy (non-hydrogen) atoms. The van der Waals surface area contributed by atoms with E-state index in [0.717, 1.165) is 19.4 Å². The molecule has 0 bridgehead atoms. The van der Waals surface area contributed by atoms with E-state index in [4.69, 9.17) is 4.74 Å². The lowest BCUT2D eigenvalue weighted by Crippen LogP contribution is -2.26. The molecule has 1 saturated heterocycles. The van der Waals surface area contributed by atoms with E-state index in [9.17, 15) is 0 Å². The van der Waals surface area contributed by atoms with Gasteiger partial charge in [0.05, 0.1) is 12.1 Å². The molecule has 1 aliphatic rings. The summed E-state index contributed by atoms with van der Waals surface area (Å²) in [6.07, 6.45) is 2.54. The molecule has 1 aliphatic heterocycles. The first kappa shape index (κ1) is 10.5. The first-order chi connectivity index (χ1) is 7.29. The van der Waals surface area contributed by atoms with Gasteiger partial charge in [-0.3, -0.25) is 0 Å². The Morgan fingerprint density at radius 3 is 2.60 bits per heavy atom. The van der Waals surface area contributed by atoms with Gasteiger partial charge in [-0.05, 0) is 37.5 Å². The van der Waals surface area contributed by atoms with Gasteiger partial charge in [-0.15, -0.1) is 0 Å². The fraction of sp³-hybridized carbons (Fsp3) is 0.538. The maximum absolute atomic E-state index is 5.52. The Morgan fingerprint density at radius 1 is 1.33 bits per heavy atom. The Labute approximate surface area is 91.6 Å². The molecule has 2 unspecified atom stereocenters. The van der Waals surface area contributed by atoms with Crippen molar-refractivity contribution in [2.75, 3.05) is 11.9 Å². The second kappa shape index (κ2) is 4.67. The van der Waals surface area contributed by atoms with Crippen molar-refractivity contribution in [2.24, 2.45) is 0 Å². The number of ether oxygens (including phenoxy) is 1. The minimum absolute atomic E-state index is 0.329. The lowest BCUT2D eigenvalue weighted by Gasteiger charge is -2.17. The average molecular weight is 205 g/mol. The van der Waals surface area contributed by atoms with Crippen LogP contribution in [-0.2, 0) is 11.2 Å². The third-order valence-corrected chi connectivity index (χ3v) is 3.09. The van der Waals surface area contributed by atoms with Crippen LogP contribution in [0.2, 0.25) is 0 Å². The molecule has 0 aliphatic carbocycles. The van der Waals surface area contributed by atoms with Crippen LogP contribution in [0.3, 0.4) is 0 Å². The Hall–Kier alpha value is -1.02. The average Bonchev–Trinajstić information content (AvgIpc) is 2.66. The van der Waals surface area contributed by atoms with Gasteiger partial charge in [-0.1, -0.05) is 19.1 Å². The topological polar surface area (TPSA) is 21.3 Å². The van der Waals surface area contributed by atoms with E-state index in [1.807, 2.05) is 0 Å². The van der Waals surface area contributed by atoms with Crippen LogP contribution in [-0.4, -0.2) is 18.8 Å². The zero-order valence-electron chi connectivity index (χ0n) is 9.49. The molecular weight excluding hydrogens is 186 g/mol. The molecule has 0 saturated carbocycles. The van der Waals surface area contributed by atoms with Crippen molar-refractivity contribution in [3.05, 3.63) is 29.8 Å². The number of benzene rings is 1. The predicted octanol–water partition coefficient (Wildman–Crippen LogP) is 2.84. The molecule has 2 nitrogen and oxygen atoms in total. The Bertz CT molecular complexity index is 307. The molecule has 1 fully saturated rings. The number of nitrogens with one attached hydrogen (secondary N) is 1. The normalized spacial score (nSPS) is 25.5. The first-order valence-corrected chi connectivity index (χ1v) is 5.76. The largest absolute Gasteiger partial charge is 0.380 e. The Morgan fingerprint density at radius 2 is 2.07 bits per heavy atom. The fourth-order valence-corrected chi connectivity index (χ4v) is 1.97. The summed E-state index contributed by atoms with van der Waals surface area (Å²) in [6.45, 7) is 5.19. The van der Waals surface area contributed by atoms with Gasteiger partial charge in [0.2, 0.25) is 0 Å². The molecule has 0 aromatic heterocycles. The molecule has 2 atom stereocenters. The van der Waals surface area contributed by atoms with Crippen molar-refractivity contribution in [1.29, 1.82) is 0 Å². The molecule has 1 N–H and O–H groups in total. The van der Waals surface area contributed by atoms with Gasteiger partial charge in [-0.2, -0.15) is 0 Å². The summed E-state index contributed by atoms with van der Waals surface area (Å²) >= 11 is 0. The molecule has 1 heterocycles. The zero-order chi connectivity index (χ0) is 10.7. The van der Waals surface area contributed by atoms with Gasteiger partial charge >= 0.3 is 0 Å². The lowest BCUT2D eigenvalue weighted by atomic mass is 10.1. The molecule has 1 aromatic rings. The van der Waals surface area contributed by atoms with Crippen molar-refractivity contribution < 1.29 is 4.74 Å². The van der Waals surface area contributed by atoms with Crippen molar-refractivity contribution in [2.45, 2.75) is 38.8 Å². The van der Waals surface area contributed by atoms with Gasteiger partial charge in [0.1, 0.15) is 0 Å². The molecular formula is C13H19NO. The van der Waals surface area contributed by atoms with E-state index in [0.29, 0.717) is 12.1 Å². The van der Waals surface area contributed by atoms with E-state index in [2.05, 4.69) is 43.4 Å². The van der Waals surface area contributed by atoms with Gasteiger partial charge in [-0.25, -0.2) is 0 Å². The molecule has 2 heteroatoms. The highest BCUT2D eigenvalue weighted by Gasteiger charge is 2.23. The highest BCUT2D eigenvalue weighted by Crippen LogP contribution is 2.19. The van der Waals surface area contributed by atoms with Gasteiger partial charge in [0.15, 0.2) is 0 Å². The van der Waals surface area contributed by atoms with Crippen molar-refractivity contribution in [3.8, 4) is 0 Å². The summed E-state index contributed by atoms with van der Waals surface area (Å²) in [7, 11) is 0.